The molecular weight excluding hydrogens is 302 g/mol. The van der Waals surface area contributed by atoms with Crippen LogP contribution < -0.4 is 4.90 Å². The van der Waals surface area contributed by atoms with Gasteiger partial charge in [-0.05, 0) is 45.2 Å². The Labute approximate surface area is 145 Å². The molecule has 24 heavy (non-hydrogen) atoms. The summed E-state index contributed by atoms with van der Waals surface area (Å²) in [6.45, 7) is 8.37. The van der Waals surface area contributed by atoms with E-state index in [0.29, 0.717) is 18.1 Å². The molecule has 0 aromatic heterocycles. The average Bonchev–Trinajstić information content (AvgIpc) is 2.59. The molecule has 2 aliphatic rings. The summed E-state index contributed by atoms with van der Waals surface area (Å²) in [4.78, 5) is 14.1. The minimum absolute atomic E-state index is 0.0594. The highest BCUT2D eigenvalue weighted by atomic mass is 16.6. The molecular formula is C20H30NO3+. The Bertz CT molecular complexity index is 537. The van der Waals surface area contributed by atoms with E-state index in [9.17, 15) is 4.79 Å². The molecule has 2 fully saturated rings. The van der Waals surface area contributed by atoms with Crippen LogP contribution in [0.1, 0.15) is 49.9 Å². The summed E-state index contributed by atoms with van der Waals surface area (Å²) in [5.74, 6) is 0.0794. The third-order valence-electron chi connectivity index (χ3n) is 5.29. The Morgan fingerprint density at radius 1 is 1.21 bits per heavy atom. The highest BCUT2D eigenvalue weighted by Gasteiger charge is 2.40. The molecule has 2 saturated heterocycles. The molecule has 0 radical (unpaired) electrons. The maximum absolute atomic E-state index is 12.5. The van der Waals surface area contributed by atoms with Crippen molar-refractivity contribution in [2.75, 3.05) is 26.2 Å². The van der Waals surface area contributed by atoms with Gasteiger partial charge in [-0.1, -0.05) is 18.2 Å². The van der Waals surface area contributed by atoms with Crippen molar-refractivity contribution >= 4 is 5.97 Å². The average molecular weight is 332 g/mol. The van der Waals surface area contributed by atoms with Crippen LogP contribution in [0.2, 0.25) is 0 Å². The van der Waals surface area contributed by atoms with Crippen molar-refractivity contribution < 1.29 is 19.2 Å². The van der Waals surface area contributed by atoms with Crippen molar-refractivity contribution in [2.24, 2.45) is 5.92 Å². The van der Waals surface area contributed by atoms with Crippen molar-refractivity contribution in [3.8, 4) is 0 Å². The molecule has 0 amide bonds. The summed E-state index contributed by atoms with van der Waals surface area (Å²) in [6, 6.07) is 9.30. The fourth-order valence-electron chi connectivity index (χ4n) is 3.88. The Morgan fingerprint density at radius 2 is 1.92 bits per heavy atom. The van der Waals surface area contributed by atoms with Crippen LogP contribution in [-0.4, -0.2) is 43.9 Å². The summed E-state index contributed by atoms with van der Waals surface area (Å²) in [5, 5.41) is 0. The normalized spacial score (nSPS) is 27.6. The highest BCUT2D eigenvalue weighted by molar-refractivity contribution is 5.89. The molecule has 1 aromatic carbocycles. The fraction of sp³-hybridized carbons (Fsp3) is 0.650. The van der Waals surface area contributed by atoms with Gasteiger partial charge in [-0.15, -0.1) is 0 Å². The summed E-state index contributed by atoms with van der Waals surface area (Å²) in [6.07, 6.45) is 4.68. The number of rotatable bonds is 4. The topological polar surface area (TPSA) is 40.0 Å². The zero-order valence-corrected chi connectivity index (χ0v) is 14.9. The second-order valence-corrected chi connectivity index (χ2v) is 7.86. The first kappa shape index (κ1) is 17.4. The number of esters is 1. The van der Waals surface area contributed by atoms with Gasteiger partial charge in [-0.25, -0.2) is 4.79 Å². The maximum Gasteiger partial charge on any atom is 0.338 e. The van der Waals surface area contributed by atoms with Crippen molar-refractivity contribution in [1.29, 1.82) is 0 Å². The number of quaternary nitrogens is 1. The van der Waals surface area contributed by atoms with Crippen molar-refractivity contribution in [2.45, 2.75) is 51.2 Å². The smallest absolute Gasteiger partial charge is 0.338 e. The number of carbonyl (C=O) groups is 1. The number of likely N-dealkylation sites (tertiary alicyclic amines) is 1. The molecule has 1 N–H and O–H groups in total. The van der Waals surface area contributed by atoms with E-state index in [0.717, 1.165) is 13.0 Å². The standard InChI is InChI=1S/C20H29NO3/c1-20(2)13-18(24-19(22)16-9-5-3-6-10-16)17(15-23-20)14-21-11-7-4-8-12-21/h3,5-6,9-10,17-18H,4,7-8,11-15H2,1-2H3/p+1/t17-,18+/m0/s1. The highest BCUT2D eigenvalue weighted by Crippen LogP contribution is 2.30. The minimum Gasteiger partial charge on any atom is -0.458 e. The Morgan fingerprint density at radius 3 is 2.62 bits per heavy atom. The lowest BCUT2D eigenvalue weighted by Crippen LogP contribution is -3.13. The first-order valence-electron chi connectivity index (χ1n) is 9.27. The summed E-state index contributed by atoms with van der Waals surface area (Å²) in [5.41, 5.74) is 0.404. The van der Waals surface area contributed by atoms with Crippen LogP contribution in [0.5, 0.6) is 0 Å². The van der Waals surface area contributed by atoms with Gasteiger partial charge in [0.1, 0.15) is 6.10 Å². The first-order valence-corrected chi connectivity index (χ1v) is 9.27. The quantitative estimate of drug-likeness (QED) is 0.859. The molecule has 4 heteroatoms. The van der Waals surface area contributed by atoms with E-state index in [-0.39, 0.29) is 17.7 Å². The first-order chi connectivity index (χ1) is 11.5. The van der Waals surface area contributed by atoms with Gasteiger partial charge < -0.3 is 14.4 Å². The predicted molar refractivity (Wildman–Crippen MR) is 93.2 cm³/mol. The summed E-state index contributed by atoms with van der Waals surface area (Å²) < 4.78 is 12.0. The molecule has 0 aliphatic carbocycles. The van der Waals surface area contributed by atoms with Crippen LogP contribution in [0, 0.1) is 5.92 Å². The number of benzene rings is 1. The monoisotopic (exact) mass is 332 g/mol. The van der Waals surface area contributed by atoms with Crippen LogP contribution in [0.4, 0.5) is 0 Å². The molecule has 0 spiro atoms. The zero-order chi connectivity index (χ0) is 17.0. The van der Waals surface area contributed by atoms with Crippen molar-refractivity contribution in [1.82, 2.24) is 0 Å². The molecule has 2 heterocycles. The molecule has 0 bridgehead atoms. The number of hydrogen-bond acceptors (Lipinski definition) is 3. The number of ether oxygens (including phenoxy) is 2. The third-order valence-corrected chi connectivity index (χ3v) is 5.29. The number of nitrogens with one attached hydrogen (secondary N) is 1. The van der Waals surface area contributed by atoms with E-state index >= 15 is 0 Å². The van der Waals surface area contributed by atoms with Crippen molar-refractivity contribution in [3.05, 3.63) is 35.9 Å². The minimum atomic E-state index is -0.227. The van der Waals surface area contributed by atoms with Gasteiger partial charge in [0.15, 0.2) is 0 Å². The van der Waals surface area contributed by atoms with Gasteiger partial charge in [0.2, 0.25) is 0 Å². The van der Waals surface area contributed by atoms with Crippen LogP contribution >= 0.6 is 0 Å². The Balaban J connectivity index is 1.66. The van der Waals surface area contributed by atoms with E-state index in [4.69, 9.17) is 9.47 Å². The van der Waals surface area contributed by atoms with Gasteiger partial charge in [0.05, 0.1) is 43.3 Å². The largest absolute Gasteiger partial charge is 0.458 e. The van der Waals surface area contributed by atoms with Gasteiger partial charge in [-0.2, -0.15) is 0 Å². The maximum atomic E-state index is 12.5. The van der Waals surface area contributed by atoms with Gasteiger partial charge in [-0.3, -0.25) is 0 Å². The number of piperidine rings is 1. The molecule has 4 nitrogen and oxygen atoms in total. The molecule has 0 saturated carbocycles. The lowest BCUT2D eigenvalue weighted by Gasteiger charge is -2.41. The molecule has 2 aliphatic heterocycles. The lowest BCUT2D eigenvalue weighted by molar-refractivity contribution is -0.909. The van der Waals surface area contributed by atoms with Crippen LogP contribution in [-0.2, 0) is 9.47 Å². The van der Waals surface area contributed by atoms with E-state index in [1.807, 2.05) is 30.3 Å². The van der Waals surface area contributed by atoms with E-state index in [1.54, 1.807) is 4.90 Å². The van der Waals surface area contributed by atoms with Crippen LogP contribution in [0.25, 0.3) is 0 Å². The molecule has 2 atom stereocenters. The van der Waals surface area contributed by atoms with E-state index in [1.165, 1.54) is 32.4 Å². The summed E-state index contributed by atoms with van der Waals surface area (Å²) >= 11 is 0. The van der Waals surface area contributed by atoms with E-state index in [2.05, 4.69) is 13.8 Å². The lowest BCUT2D eigenvalue weighted by atomic mass is 9.87. The fourth-order valence-corrected chi connectivity index (χ4v) is 3.88. The molecule has 132 valence electrons. The van der Waals surface area contributed by atoms with Crippen LogP contribution in [0.3, 0.4) is 0 Å². The second-order valence-electron chi connectivity index (χ2n) is 7.86. The Kier molecular flexibility index (Phi) is 5.57. The van der Waals surface area contributed by atoms with Gasteiger partial charge in [0.25, 0.3) is 0 Å². The third kappa shape index (κ3) is 4.58. The van der Waals surface area contributed by atoms with Gasteiger partial charge in [0, 0.05) is 6.42 Å². The van der Waals surface area contributed by atoms with E-state index < -0.39 is 0 Å². The number of hydrogen-bond donors (Lipinski definition) is 1. The zero-order valence-electron chi connectivity index (χ0n) is 14.9. The molecule has 3 rings (SSSR count). The summed E-state index contributed by atoms with van der Waals surface area (Å²) in [7, 11) is 0. The van der Waals surface area contributed by atoms with Crippen LogP contribution in [0.15, 0.2) is 30.3 Å². The van der Waals surface area contributed by atoms with Gasteiger partial charge >= 0.3 is 5.97 Å². The predicted octanol–water partition coefficient (Wildman–Crippen LogP) is 2.10. The Hall–Kier alpha value is -1.39. The SMILES string of the molecule is CC1(C)C[C@@H](OC(=O)c2ccccc2)[C@@H](C[NH+]2CCCCC2)CO1. The molecule has 1 aromatic rings. The second kappa shape index (κ2) is 7.66. The molecule has 0 unspecified atom stereocenters. The van der Waals surface area contributed by atoms with Crippen molar-refractivity contribution in [3.63, 3.8) is 0 Å². The number of carbonyl (C=O) groups excluding carboxylic acids is 1.